The summed E-state index contributed by atoms with van der Waals surface area (Å²) in [7, 11) is 0. The molecule has 2 N–H and O–H groups in total. The zero-order valence-electron chi connectivity index (χ0n) is 18.3. The van der Waals surface area contributed by atoms with E-state index in [1.807, 2.05) is 24.3 Å². The van der Waals surface area contributed by atoms with Gasteiger partial charge in [0, 0.05) is 24.8 Å². The number of aliphatic imine (C=N–C) groups is 1. The summed E-state index contributed by atoms with van der Waals surface area (Å²) in [6.07, 6.45) is 2.26. The molecule has 3 rings (SSSR count). The van der Waals surface area contributed by atoms with Gasteiger partial charge in [-0.2, -0.15) is 0 Å². The number of benzene rings is 2. The van der Waals surface area contributed by atoms with Gasteiger partial charge >= 0.3 is 0 Å². The normalized spacial score (nSPS) is 15.8. The average Bonchev–Trinajstić information content (AvgIpc) is 2.77. The molecule has 1 atom stereocenters. The standard InChI is InChI=1S/C24H32ClN3O2.HI/c1-3-26-24(28-18(2)21-7-9-22(25)10-8-21)27-16-19-5-4-6-20(15-19)17-30-23-11-13-29-14-12-23;/h4-10,15,18,23H,3,11-14,16-17H2,1-2H3,(H2,26,27,28);1H. The minimum atomic E-state index is 0. The first-order valence-electron chi connectivity index (χ1n) is 10.7. The van der Waals surface area contributed by atoms with Crippen LogP contribution in [0.15, 0.2) is 53.5 Å². The Kier molecular flexibility index (Phi) is 11.6. The summed E-state index contributed by atoms with van der Waals surface area (Å²) in [6.45, 7) is 7.82. The van der Waals surface area contributed by atoms with Gasteiger partial charge in [0.05, 0.1) is 25.3 Å². The highest BCUT2D eigenvalue weighted by atomic mass is 127. The molecule has 31 heavy (non-hydrogen) atoms. The van der Waals surface area contributed by atoms with Crippen molar-refractivity contribution in [1.82, 2.24) is 10.6 Å². The molecule has 1 saturated heterocycles. The fourth-order valence-corrected chi connectivity index (χ4v) is 3.53. The van der Waals surface area contributed by atoms with Crippen molar-refractivity contribution < 1.29 is 9.47 Å². The lowest BCUT2D eigenvalue weighted by Gasteiger charge is -2.22. The molecule has 0 bridgehead atoms. The zero-order valence-corrected chi connectivity index (χ0v) is 21.4. The molecule has 0 saturated carbocycles. The van der Waals surface area contributed by atoms with Crippen molar-refractivity contribution in [3.63, 3.8) is 0 Å². The first-order valence-corrected chi connectivity index (χ1v) is 11.1. The van der Waals surface area contributed by atoms with Gasteiger partial charge in [0.2, 0.25) is 0 Å². The molecule has 1 unspecified atom stereocenters. The minimum absolute atomic E-state index is 0. The molecule has 5 nitrogen and oxygen atoms in total. The van der Waals surface area contributed by atoms with E-state index in [1.165, 1.54) is 11.1 Å². The van der Waals surface area contributed by atoms with Gasteiger partial charge in [-0.05, 0) is 55.5 Å². The molecule has 0 radical (unpaired) electrons. The predicted octanol–water partition coefficient (Wildman–Crippen LogP) is 5.47. The highest BCUT2D eigenvalue weighted by Crippen LogP contribution is 2.17. The van der Waals surface area contributed by atoms with Crippen molar-refractivity contribution >= 4 is 41.5 Å². The summed E-state index contributed by atoms with van der Waals surface area (Å²) in [5, 5.41) is 7.53. The van der Waals surface area contributed by atoms with Gasteiger partial charge in [0.1, 0.15) is 0 Å². The van der Waals surface area contributed by atoms with Crippen LogP contribution in [-0.4, -0.2) is 31.8 Å². The highest BCUT2D eigenvalue weighted by molar-refractivity contribution is 14.0. The Balaban J connectivity index is 0.00000341. The summed E-state index contributed by atoms with van der Waals surface area (Å²) in [5.41, 5.74) is 3.51. The Hall–Kier alpha value is -1.35. The van der Waals surface area contributed by atoms with Crippen LogP contribution in [-0.2, 0) is 22.6 Å². The van der Waals surface area contributed by atoms with Crippen LogP contribution in [0.4, 0.5) is 0 Å². The summed E-state index contributed by atoms with van der Waals surface area (Å²) < 4.78 is 11.4. The van der Waals surface area contributed by atoms with Crippen LogP contribution < -0.4 is 10.6 Å². The number of rotatable bonds is 8. The molecule has 0 amide bonds. The molecular weight excluding hydrogens is 525 g/mol. The van der Waals surface area contributed by atoms with Crippen molar-refractivity contribution in [1.29, 1.82) is 0 Å². The lowest BCUT2D eigenvalue weighted by molar-refractivity contribution is -0.0390. The lowest BCUT2D eigenvalue weighted by Crippen LogP contribution is -2.38. The molecule has 2 aromatic rings. The first kappa shape index (κ1) is 25.9. The van der Waals surface area contributed by atoms with Crippen molar-refractivity contribution in [3.05, 3.63) is 70.2 Å². The Labute approximate surface area is 208 Å². The fourth-order valence-electron chi connectivity index (χ4n) is 3.40. The van der Waals surface area contributed by atoms with Gasteiger partial charge in [-0.3, -0.25) is 0 Å². The monoisotopic (exact) mass is 557 g/mol. The second-order valence-corrected chi connectivity index (χ2v) is 7.99. The van der Waals surface area contributed by atoms with Gasteiger partial charge in [0.15, 0.2) is 5.96 Å². The summed E-state index contributed by atoms with van der Waals surface area (Å²) in [4.78, 5) is 4.77. The second kappa shape index (κ2) is 13.9. The minimum Gasteiger partial charge on any atom is -0.381 e. The Bertz CT molecular complexity index is 811. The van der Waals surface area contributed by atoms with E-state index in [-0.39, 0.29) is 30.0 Å². The molecule has 7 heteroatoms. The van der Waals surface area contributed by atoms with E-state index in [2.05, 4.69) is 48.7 Å². The fraction of sp³-hybridized carbons (Fsp3) is 0.458. The number of hydrogen-bond donors (Lipinski definition) is 2. The van der Waals surface area contributed by atoms with Crippen LogP contribution in [0.25, 0.3) is 0 Å². The van der Waals surface area contributed by atoms with Crippen LogP contribution in [0.3, 0.4) is 0 Å². The van der Waals surface area contributed by atoms with Gasteiger partial charge in [0.25, 0.3) is 0 Å². The highest BCUT2D eigenvalue weighted by Gasteiger charge is 2.14. The predicted molar refractivity (Wildman–Crippen MR) is 138 cm³/mol. The molecule has 1 aliphatic rings. The number of guanidine groups is 1. The van der Waals surface area contributed by atoms with E-state index in [9.17, 15) is 0 Å². The maximum Gasteiger partial charge on any atom is 0.192 e. The zero-order chi connectivity index (χ0) is 21.2. The van der Waals surface area contributed by atoms with Crippen molar-refractivity contribution in [2.45, 2.75) is 52.0 Å². The van der Waals surface area contributed by atoms with E-state index in [1.54, 1.807) is 0 Å². The largest absolute Gasteiger partial charge is 0.381 e. The Morgan fingerprint density at radius 1 is 1.16 bits per heavy atom. The van der Waals surface area contributed by atoms with Crippen molar-refractivity contribution in [2.24, 2.45) is 4.99 Å². The number of hydrogen-bond acceptors (Lipinski definition) is 3. The third-order valence-electron chi connectivity index (χ3n) is 5.13. The van der Waals surface area contributed by atoms with Gasteiger partial charge in [-0.15, -0.1) is 24.0 Å². The second-order valence-electron chi connectivity index (χ2n) is 7.56. The molecule has 0 spiro atoms. The molecule has 1 heterocycles. The first-order chi connectivity index (χ1) is 14.6. The van der Waals surface area contributed by atoms with Gasteiger partial charge < -0.3 is 20.1 Å². The number of ether oxygens (including phenoxy) is 2. The van der Waals surface area contributed by atoms with E-state index >= 15 is 0 Å². The van der Waals surface area contributed by atoms with Crippen LogP contribution in [0.2, 0.25) is 5.02 Å². The molecule has 1 fully saturated rings. The number of nitrogens with zero attached hydrogens (tertiary/aromatic N) is 1. The van der Waals surface area contributed by atoms with Gasteiger partial charge in [-0.25, -0.2) is 4.99 Å². The van der Waals surface area contributed by atoms with Crippen LogP contribution in [0.5, 0.6) is 0 Å². The quantitative estimate of drug-likeness (QED) is 0.257. The number of nitrogens with one attached hydrogen (secondary N) is 2. The molecular formula is C24H33ClIN3O2. The Morgan fingerprint density at radius 2 is 1.87 bits per heavy atom. The smallest absolute Gasteiger partial charge is 0.192 e. The van der Waals surface area contributed by atoms with Crippen LogP contribution >= 0.6 is 35.6 Å². The lowest BCUT2D eigenvalue weighted by atomic mass is 10.1. The van der Waals surface area contributed by atoms with Gasteiger partial charge in [-0.1, -0.05) is 48.0 Å². The SMILES string of the molecule is CCNC(=NCc1cccc(COC2CCOCC2)c1)NC(C)c1ccc(Cl)cc1.I. The van der Waals surface area contributed by atoms with E-state index in [4.69, 9.17) is 26.1 Å². The summed E-state index contributed by atoms with van der Waals surface area (Å²) in [5.74, 6) is 0.795. The van der Waals surface area contributed by atoms with Crippen molar-refractivity contribution in [3.8, 4) is 0 Å². The van der Waals surface area contributed by atoms with Crippen LogP contribution in [0.1, 0.15) is 49.4 Å². The molecule has 170 valence electrons. The molecule has 0 aliphatic carbocycles. The number of halogens is 2. The molecule has 2 aromatic carbocycles. The summed E-state index contributed by atoms with van der Waals surface area (Å²) >= 11 is 6.00. The maximum absolute atomic E-state index is 6.05. The molecule has 0 aromatic heterocycles. The van der Waals surface area contributed by atoms with Crippen LogP contribution in [0, 0.1) is 0 Å². The summed E-state index contributed by atoms with van der Waals surface area (Å²) in [6, 6.07) is 16.5. The maximum atomic E-state index is 6.05. The van der Waals surface area contributed by atoms with E-state index in [0.29, 0.717) is 19.3 Å². The van der Waals surface area contributed by atoms with Crippen molar-refractivity contribution in [2.75, 3.05) is 19.8 Å². The topological polar surface area (TPSA) is 54.9 Å². The third kappa shape index (κ3) is 8.96. The average molecular weight is 558 g/mol. The molecule has 1 aliphatic heterocycles. The van der Waals surface area contributed by atoms with E-state index < -0.39 is 0 Å². The Morgan fingerprint density at radius 3 is 2.58 bits per heavy atom. The third-order valence-corrected chi connectivity index (χ3v) is 5.38. The van der Waals surface area contributed by atoms with E-state index in [0.717, 1.165) is 49.1 Å².